The Morgan fingerprint density at radius 2 is 1.00 bits per heavy atom. The summed E-state index contributed by atoms with van der Waals surface area (Å²) in [7, 11) is 0. The van der Waals surface area contributed by atoms with E-state index in [9.17, 15) is 35.1 Å². The van der Waals surface area contributed by atoms with Crippen LogP contribution in [0.15, 0.2) is 36.5 Å². The maximum absolute atomic E-state index is 13.3. The predicted octanol–water partition coefficient (Wildman–Crippen LogP) is 11.9. The lowest BCUT2D eigenvalue weighted by Gasteiger charge is -2.41. The van der Waals surface area contributed by atoms with Crippen LogP contribution < -0.4 is 5.32 Å². The first-order valence-electron chi connectivity index (χ1n) is 27.8. The van der Waals surface area contributed by atoms with Crippen LogP contribution in [0.2, 0.25) is 0 Å². The zero-order valence-corrected chi connectivity index (χ0v) is 43.0. The van der Waals surface area contributed by atoms with Crippen LogP contribution in [0, 0.1) is 0 Å². The van der Waals surface area contributed by atoms with E-state index in [1.54, 1.807) is 6.08 Å². The molecule has 0 bridgehead atoms. The molecule has 0 spiro atoms. The number of allylic oxidation sites excluding steroid dienone is 5. The average molecular weight is 950 g/mol. The smallest absolute Gasteiger partial charge is 0.306 e. The summed E-state index contributed by atoms with van der Waals surface area (Å²) in [4.78, 5) is 26.3. The van der Waals surface area contributed by atoms with Crippen molar-refractivity contribution < 1.29 is 49.3 Å². The number of aliphatic hydroxyl groups excluding tert-OH is 5. The Balaban J connectivity index is 2.74. The van der Waals surface area contributed by atoms with Gasteiger partial charge in [-0.05, 0) is 70.6 Å². The van der Waals surface area contributed by atoms with E-state index in [0.29, 0.717) is 12.8 Å². The molecule has 1 aliphatic rings. The number of hydrogen-bond acceptors (Lipinski definition) is 10. The fraction of sp³-hybridized carbons (Fsp3) is 0.857. The number of esters is 1. The Morgan fingerprint density at radius 1 is 0.567 bits per heavy atom. The largest absolute Gasteiger partial charge is 0.454 e. The van der Waals surface area contributed by atoms with Gasteiger partial charge < -0.3 is 45.1 Å². The molecule has 67 heavy (non-hydrogen) atoms. The third-order valence-corrected chi connectivity index (χ3v) is 13.0. The number of unbranched alkanes of at least 4 members (excludes halogenated alkanes) is 28. The summed E-state index contributed by atoms with van der Waals surface area (Å²) in [5, 5.41) is 56.6. The van der Waals surface area contributed by atoms with E-state index in [2.05, 4.69) is 50.4 Å². The van der Waals surface area contributed by atoms with E-state index in [1.165, 1.54) is 109 Å². The molecule has 8 atom stereocenters. The molecule has 1 heterocycles. The molecule has 0 aromatic carbocycles. The standard InChI is InChI=1S/C56H103NO10/c1-4-7-10-13-16-19-22-23-24-25-26-29-31-34-37-40-43-49(60)55(64)57-47(48(59)42-39-36-33-30-27-20-17-14-11-8-5-2)46-65-56-54(53(63)52(62)50(45-58)66-56)67-51(61)44-41-38-35-32-28-21-18-15-12-9-6-3/h15,18,23-24,39,42,47-50,52-54,56,58-60,62-63H,4-14,16-17,19-22,25-38,40-41,43-46H2,1-3H3,(H,57,64)/b18-15-,24-23+,42-39+. The fourth-order valence-corrected chi connectivity index (χ4v) is 8.51. The van der Waals surface area contributed by atoms with Gasteiger partial charge in [-0.1, -0.05) is 205 Å². The molecule has 1 fully saturated rings. The number of carbonyl (C=O) groups is 2. The number of ether oxygens (including phenoxy) is 3. The molecule has 0 aliphatic carbocycles. The van der Waals surface area contributed by atoms with Crippen LogP contribution in [0.5, 0.6) is 0 Å². The first-order chi connectivity index (χ1) is 32.7. The lowest BCUT2D eigenvalue weighted by atomic mass is 9.99. The second-order valence-electron chi connectivity index (χ2n) is 19.3. The lowest BCUT2D eigenvalue weighted by Crippen LogP contribution is -2.61. The van der Waals surface area contributed by atoms with Crippen molar-refractivity contribution in [2.45, 2.75) is 294 Å². The highest BCUT2D eigenvalue weighted by Crippen LogP contribution is 2.26. The molecular formula is C56H103NO10. The quantitative estimate of drug-likeness (QED) is 0.0196. The molecule has 8 unspecified atom stereocenters. The number of hydrogen-bond donors (Lipinski definition) is 6. The van der Waals surface area contributed by atoms with Crippen LogP contribution in [0.25, 0.3) is 0 Å². The molecule has 1 saturated heterocycles. The fourth-order valence-electron chi connectivity index (χ4n) is 8.51. The Bertz CT molecular complexity index is 1230. The highest BCUT2D eigenvalue weighted by atomic mass is 16.7. The van der Waals surface area contributed by atoms with Crippen molar-refractivity contribution in [2.75, 3.05) is 13.2 Å². The normalized spacial score (nSPS) is 20.3. The van der Waals surface area contributed by atoms with Crippen LogP contribution in [-0.4, -0.2) is 99.6 Å². The summed E-state index contributed by atoms with van der Waals surface area (Å²) in [6, 6.07) is -1.02. The van der Waals surface area contributed by atoms with Gasteiger partial charge in [0.1, 0.15) is 24.4 Å². The number of rotatable bonds is 46. The molecule has 1 aliphatic heterocycles. The van der Waals surface area contributed by atoms with Gasteiger partial charge in [0.2, 0.25) is 5.91 Å². The average Bonchev–Trinajstić information content (AvgIpc) is 3.32. The van der Waals surface area contributed by atoms with Crippen molar-refractivity contribution in [2.24, 2.45) is 0 Å². The SMILES string of the molecule is CCCC/C=C\CCCCCCCC(=O)OC1C(OCC(NC(=O)C(O)CCCCCCCC/C=C/CCCCCCCC)C(O)/C=C/CCCCCCCCCCC)OC(CO)C(O)C1O. The van der Waals surface area contributed by atoms with E-state index < -0.39 is 67.4 Å². The van der Waals surface area contributed by atoms with E-state index in [0.717, 1.165) is 89.9 Å². The van der Waals surface area contributed by atoms with E-state index in [-0.39, 0.29) is 19.4 Å². The minimum absolute atomic E-state index is 0.114. The van der Waals surface area contributed by atoms with Gasteiger partial charge >= 0.3 is 5.97 Å². The third kappa shape index (κ3) is 34.0. The van der Waals surface area contributed by atoms with Gasteiger partial charge in [-0.25, -0.2) is 0 Å². The van der Waals surface area contributed by atoms with E-state index in [1.807, 2.05) is 6.08 Å². The zero-order chi connectivity index (χ0) is 49.0. The summed E-state index contributed by atoms with van der Waals surface area (Å²) in [6.07, 6.45) is 40.5. The van der Waals surface area contributed by atoms with Crippen molar-refractivity contribution in [1.29, 1.82) is 0 Å². The maximum atomic E-state index is 13.3. The Morgan fingerprint density at radius 3 is 1.49 bits per heavy atom. The van der Waals surface area contributed by atoms with Crippen molar-refractivity contribution in [1.82, 2.24) is 5.32 Å². The molecule has 0 radical (unpaired) electrons. The summed E-state index contributed by atoms with van der Waals surface area (Å²) in [5.74, 6) is -1.21. The lowest BCUT2D eigenvalue weighted by molar-refractivity contribution is -0.305. The minimum atomic E-state index is -1.61. The predicted molar refractivity (Wildman–Crippen MR) is 274 cm³/mol. The van der Waals surface area contributed by atoms with Crippen LogP contribution in [0.1, 0.15) is 245 Å². The van der Waals surface area contributed by atoms with Crippen molar-refractivity contribution in [3.63, 3.8) is 0 Å². The van der Waals surface area contributed by atoms with Gasteiger partial charge in [-0.3, -0.25) is 9.59 Å². The highest BCUT2D eigenvalue weighted by molar-refractivity contribution is 5.80. The molecule has 11 heteroatoms. The van der Waals surface area contributed by atoms with Crippen LogP contribution in [0.4, 0.5) is 0 Å². The van der Waals surface area contributed by atoms with Crippen LogP contribution in [-0.2, 0) is 23.8 Å². The van der Waals surface area contributed by atoms with Gasteiger partial charge in [0.15, 0.2) is 12.4 Å². The van der Waals surface area contributed by atoms with Gasteiger partial charge in [0, 0.05) is 6.42 Å². The summed E-state index contributed by atoms with van der Waals surface area (Å²) >= 11 is 0. The monoisotopic (exact) mass is 950 g/mol. The van der Waals surface area contributed by atoms with Crippen molar-refractivity contribution in [3.8, 4) is 0 Å². The first-order valence-corrected chi connectivity index (χ1v) is 27.8. The molecular weight excluding hydrogens is 847 g/mol. The van der Waals surface area contributed by atoms with Gasteiger partial charge in [0.05, 0.1) is 25.4 Å². The molecule has 392 valence electrons. The molecule has 11 nitrogen and oxygen atoms in total. The molecule has 6 N–H and O–H groups in total. The number of nitrogens with one attached hydrogen (secondary N) is 1. The second-order valence-corrected chi connectivity index (χ2v) is 19.3. The van der Waals surface area contributed by atoms with Crippen LogP contribution >= 0.6 is 0 Å². The highest BCUT2D eigenvalue weighted by Gasteiger charge is 2.47. The zero-order valence-electron chi connectivity index (χ0n) is 43.0. The van der Waals surface area contributed by atoms with Crippen molar-refractivity contribution >= 4 is 11.9 Å². The molecule has 1 rings (SSSR count). The topological polar surface area (TPSA) is 175 Å². The number of aliphatic hydroxyl groups is 5. The summed E-state index contributed by atoms with van der Waals surface area (Å²) < 4.78 is 17.5. The Kier molecular flexibility index (Phi) is 42.3. The first kappa shape index (κ1) is 62.9. The van der Waals surface area contributed by atoms with Gasteiger partial charge in [-0.2, -0.15) is 0 Å². The van der Waals surface area contributed by atoms with Gasteiger partial charge in [-0.15, -0.1) is 0 Å². The Labute approximate surface area is 409 Å². The maximum Gasteiger partial charge on any atom is 0.306 e. The summed E-state index contributed by atoms with van der Waals surface area (Å²) in [6.45, 7) is 5.71. The molecule has 1 amide bonds. The minimum Gasteiger partial charge on any atom is -0.454 e. The van der Waals surface area contributed by atoms with E-state index in [4.69, 9.17) is 14.2 Å². The molecule has 0 aromatic heterocycles. The van der Waals surface area contributed by atoms with Gasteiger partial charge in [0.25, 0.3) is 0 Å². The molecule has 0 saturated carbocycles. The Hall–Kier alpha value is -2.12. The third-order valence-electron chi connectivity index (χ3n) is 13.0. The summed E-state index contributed by atoms with van der Waals surface area (Å²) in [5.41, 5.74) is 0. The van der Waals surface area contributed by atoms with E-state index >= 15 is 0 Å². The van der Waals surface area contributed by atoms with Crippen LogP contribution in [0.3, 0.4) is 0 Å². The number of carbonyl (C=O) groups excluding carboxylic acids is 2. The number of amides is 1. The second kappa shape index (κ2) is 45.0. The molecule has 0 aromatic rings. The van der Waals surface area contributed by atoms with Crippen molar-refractivity contribution in [3.05, 3.63) is 36.5 Å².